The van der Waals surface area contributed by atoms with E-state index in [1.165, 1.54) is 18.2 Å². The third kappa shape index (κ3) is 4.97. The highest BCUT2D eigenvalue weighted by molar-refractivity contribution is 7.89. The highest BCUT2D eigenvalue weighted by Gasteiger charge is 2.20. The summed E-state index contributed by atoms with van der Waals surface area (Å²) in [4.78, 5) is 12.8. The maximum absolute atomic E-state index is 12.9. The molecule has 29 heavy (non-hydrogen) atoms. The number of sulfonamides is 1. The number of carbonyl (C=O) groups excluding carboxylic acids is 1. The van der Waals surface area contributed by atoms with Crippen molar-refractivity contribution in [2.45, 2.75) is 24.8 Å². The highest BCUT2D eigenvalue weighted by Crippen LogP contribution is 2.27. The third-order valence-corrected chi connectivity index (χ3v) is 6.06. The number of aromatic nitrogens is 2. The van der Waals surface area contributed by atoms with Gasteiger partial charge in [-0.1, -0.05) is 23.2 Å². The Bertz CT molecular complexity index is 1150. The number of halogens is 2. The molecule has 152 valence electrons. The Morgan fingerprint density at radius 1 is 1.14 bits per heavy atom. The van der Waals surface area contributed by atoms with Crippen molar-refractivity contribution in [2.75, 3.05) is 5.32 Å². The predicted molar refractivity (Wildman–Crippen MR) is 113 cm³/mol. The fraction of sp³-hybridized carbons (Fsp3) is 0.158. The Kier molecular flexibility index (Phi) is 6.28. The lowest BCUT2D eigenvalue weighted by molar-refractivity contribution is 0.102. The molecule has 2 aromatic carbocycles. The van der Waals surface area contributed by atoms with E-state index in [1.807, 2.05) is 0 Å². The van der Waals surface area contributed by atoms with Crippen LogP contribution in [0.2, 0.25) is 10.0 Å². The van der Waals surface area contributed by atoms with Crippen LogP contribution >= 0.6 is 23.2 Å². The standard InChI is InChI=1S/C19H18Cl2N4O3S/c1-12(2)24-29(27,28)14-5-6-16(21)15(11-14)19(26)23-17-10-13(20)4-7-18(17)25-9-3-8-22-25/h3-12,24H,1-2H3,(H,23,26). The topological polar surface area (TPSA) is 93.1 Å². The van der Waals surface area contributed by atoms with E-state index < -0.39 is 15.9 Å². The summed E-state index contributed by atoms with van der Waals surface area (Å²) in [7, 11) is -3.78. The van der Waals surface area contributed by atoms with Crippen molar-refractivity contribution >= 4 is 44.8 Å². The molecule has 10 heteroatoms. The van der Waals surface area contributed by atoms with E-state index >= 15 is 0 Å². The van der Waals surface area contributed by atoms with Gasteiger partial charge in [0.1, 0.15) is 0 Å². The summed E-state index contributed by atoms with van der Waals surface area (Å²) in [6, 6.07) is 10.4. The summed E-state index contributed by atoms with van der Waals surface area (Å²) in [5, 5.41) is 7.42. The lowest BCUT2D eigenvalue weighted by Gasteiger charge is -2.14. The molecule has 0 aliphatic carbocycles. The molecular weight excluding hydrogens is 435 g/mol. The molecule has 0 aliphatic rings. The Labute approximate surface area is 178 Å². The molecule has 2 N–H and O–H groups in total. The minimum Gasteiger partial charge on any atom is -0.320 e. The van der Waals surface area contributed by atoms with Crippen molar-refractivity contribution in [3.63, 3.8) is 0 Å². The van der Waals surface area contributed by atoms with Crippen LogP contribution in [0.4, 0.5) is 5.69 Å². The van der Waals surface area contributed by atoms with Crippen molar-refractivity contribution in [3.05, 3.63) is 70.5 Å². The quantitative estimate of drug-likeness (QED) is 0.587. The van der Waals surface area contributed by atoms with Gasteiger partial charge in [0.05, 0.1) is 26.9 Å². The van der Waals surface area contributed by atoms with E-state index in [4.69, 9.17) is 23.2 Å². The smallest absolute Gasteiger partial charge is 0.257 e. The van der Waals surface area contributed by atoms with Gasteiger partial charge in [0.25, 0.3) is 5.91 Å². The number of anilines is 1. The third-order valence-electron chi connectivity index (χ3n) is 3.84. The first-order chi connectivity index (χ1) is 13.7. The SMILES string of the molecule is CC(C)NS(=O)(=O)c1ccc(Cl)c(C(=O)Nc2cc(Cl)ccc2-n2cccn2)c1. The highest BCUT2D eigenvalue weighted by atomic mass is 35.5. The first-order valence-electron chi connectivity index (χ1n) is 8.60. The van der Waals surface area contributed by atoms with Crippen LogP contribution in [0.1, 0.15) is 24.2 Å². The lowest BCUT2D eigenvalue weighted by Crippen LogP contribution is -2.30. The number of rotatable bonds is 6. The molecule has 1 amide bonds. The van der Waals surface area contributed by atoms with Crippen LogP contribution < -0.4 is 10.0 Å². The van der Waals surface area contributed by atoms with Gasteiger partial charge in [-0.05, 0) is 56.3 Å². The van der Waals surface area contributed by atoms with E-state index in [0.29, 0.717) is 16.4 Å². The monoisotopic (exact) mass is 452 g/mol. The summed E-state index contributed by atoms with van der Waals surface area (Å²) in [6.45, 7) is 3.41. The molecular formula is C19H18Cl2N4O3S. The van der Waals surface area contributed by atoms with Crippen molar-refractivity contribution in [2.24, 2.45) is 0 Å². The van der Waals surface area contributed by atoms with Crippen molar-refractivity contribution in [1.29, 1.82) is 0 Å². The summed E-state index contributed by atoms with van der Waals surface area (Å²) < 4.78 is 28.9. The molecule has 1 aromatic heterocycles. The van der Waals surface area contributed by atoms with Gasteiger partial charge in [-0.15, -0.1) is 0 Å². The zero-order valence-electron chi connectivity index (χ0n) is 15.6. The first kappa shape index (κ1) is 21.3. The second-order valence-corrected chi connectivity index (χ2v) is 9.04. The normalized spacial score (nSPS) is 11.6. The molecule has 0 fully saturated rings. The maximum atomic E-state index is 12.9. The van der Waals surface area contributed by atoms with E-state index in [2.05, 4.69) is 15.1 Å². The Hall–Kier alpha value is -2.39. The van der Waals surface area contributed by atoms with Crippen LogP contribution in [-0.4, -0.2) is 30.1 Å². The molecule has 7 nitrogen and oxygen atoms in total. The van der Waals surface area contributed by atoms with Gasteiger partial charge in [0.15, 0.2) is 0 Å². The molecule has 1 heterocycles. The van der Waals surface area contributed by atoms with Crippen molar-refractivity contribution < 1.29 is 13.2 Å². The number of nitrogens with one attached hydrogen (secondary N) is 2. The Morgan fingerprint density at radius 2 is 1.90 bits per heavy atom. The fourth-order valence-electron chi connectivity index (χ4n) is 2.63. The van der Waals surface area contributed by atoms with Gasteiger partial charge in [-0.3, -0.25) is 4.79 Å². The van der Waals surface area contributed by atoms with Crippen molar-refractivity contribution in [1.82, 2.24) is 14.5 Å². The zero-order valence-corrected chi connectivity index (χ0v) is 17.9. The zero-order chi connectivity index (χ0) is 21.2. The van der Waals surface area contributed by atoms with Gasteiger partial charge < -0.3 is 5.32 Å². The van der Waals surface area contributed by atoms with Gasteiger partial charge in [-0.2, -0.15) is 5.10 Å². The van der Waals surface area contributed by atoms with E-state index in [1.54, 1.807) is 55.2 Å². The molecule has 3 aromatic rings. The summed E-state index contributed by atoms with van der Waals surface area (Å²) in [5.74, 6) is -0.577. The molecule has 0 unspecified atom stereocenters. The number of nitrogens with zero attached hydrogens (tertiary/aromatic N) is 2. The lowest BCUT2D eigenvalue weighted by atomic mass is 10.2. The van der Waals surface area contributed by atoms with Crippen LogP contribution in [0.25, 0.3) is 5.69 Å². The molecule has 3 rings (SSSR count). The summed E-state index contributed by atoms with van der Waals surface area (Å²) in [5.41, 5.74) is 1.01. The minimum atomic E-state index is -3.78. The molecule has 0 saturated heterocycles. The number of amides is 1. The average molecular weight is 453 g/mol. The van der Waals surface area contributed by atoms with Crippen LogP contribution in [-0.2, 0) is 10.0 Å². The van der Waals surface area contributed by atoms with Crippen LogP contribution in [0.15, 0.2) is 59.8 Å². The molecule has 0 spiro atoms. The summed E-state index contributed by atoms with van der Waals surface area (Å²) in [6.07, 6.45) is 3.32. The average Bonchev–Trinajstić information content (AvgIpc) is 3.15. The van der Waals surface area contributed by atoms with Gasteiger partial charge in [0.2, 0.25) is 10.0 Å². The number of hydrogen-bond acceptors (Lipinski definition) is 4. The maximum Gasteiger partial charge on any atom is 0.257 e. The fourth-order valence-corrected chi connectivity index (χ4v) is 4.29. The molecule has 0 saturated carbocycles. The predicted octanol–water partition coefficient (Wildman–Crippen LogP) is 4.12. The first-order valence-corrected chi connectivity index (χ1v) is 10.8. The molecule has 0 bridgehead atoms. The number of benzene rings is 2. The Balaban J connectivity index is 1.97. The van der Waals surface area contributed by atoms with E-state index in [0.717, 1.165) is 0 Å². The minimum absolute atomic E-state index is 0.0182. The molecule has 0 aliphatic heterocycles. The van der Waals surface area contributed by atoms with Crippen molar-refractivity contribution in [3.8, 4) is 5.69 Å². The Morgan fingerprint density at radius 3 is 2.55 bits per heavy atom. The van der Waals surface area contributed by atoms with Gasteiger partial charge in [0, 0.05) is 23.5 Å². The molecule has 0 radical (unpaired) electrons. The van der Waals surface area contributed by atoms with E-state index in [-0.39, 0.29) is 21.5 Å². The second-order valence-electron chi connectivity index (χ2n) is 6.48. The number of hydrogen-bond donors (Lipinski definition) is 2. The van der Waals surface area contributed by atoms with E-state index in [9.17, 15) is 13.2 Å². The van der Waals surface area contributed by atoms with Crippen LogP contribution in [0, 0.1) is 0 Å². The van der Waals surface area contributed by atoms with Gasteiger partial charge >= 0.3 is 0 Å². The largest absolute Gasteiger partial charge is 0.320 e. The summed E-state index contributed by atoms with van der Waals surface area (Å²) >= 11 is 12.2. The van der Waals surface area contributed by atoms with Crippen LogP contribution in [0.3, 0.4) is 0 Å². The second kappa shape index (κ2) is 8.54. The van der Waals surface area contributed by atoms with Gasteiger partial charge in [-0.25, -0.2) is 17.8 Å². The number of carbonyl (C=O) groups is 1. The molecule has 0 atom stereocenters. The van der Waals surface area contributed by atoms with Crippen LogP contribution in [0.5, 0.6) is 0 Å².